The minimum atomic E-state index is -0.698. The Balaban J connectivity index is 2.05. The fourth-order valence-electron chi connectivity index (χ4n) is 4.39. The van der Waals surface area contributed by atoms with Crippen molar-refractivity contribution >= 4 is 11.4 Å². The summed E-state index contributed by atoms with van der Waals surface area (Å²) >= 11 is 0. The Labute approximate surface area is 143 Å². The molecule has 2 nitrogen and oxygen atoms in total. The third-order valence-electron chi connectivity index (χ3n) is 5.80. The lowest BCUT2D eigenvalue weighted by atomic mass is 9.72. The number of hydrogen-bond acceptors (Lipinski definition) is 2. The summed E-state index contributed by atoms with van der Waals surface area (Å²) in [5.41, 5.74) is 3.32. The SMILES string of the molecule is CC1=C(c2ccccc2)C2(c3ccccc3)OC1(C)CC(=O)C2C. The van der Waals surface area contributed by atoms with E-state index in [4.69, 9.17) is 4.74 Å². The lowest BCUT2D eigenvalue weighted by Crippen LogP contribution is -2.49. The Bertz CT molecular complexity index is 822. The van der Waals surface area contributed by atoms with Crippen LogP contribution >= 0.6 is 0 Å². The number of rotatable bonds is 2. The van der Waals surface area contributed by atoms with E-state index in [-0.39, 0.29) is 11.7 Å². The van der Waals surface area contributed by atoms with Crippen molar-refractivity contribution in [2.45, 2.75) is 38.4 Å². The van der Waals surface area contributed by atoms with Crippen LogP contribution in [0.25, 0.3) is 5.57 Å². The predicted molar refractivity (Wildman–Crippen MR) is 95.4 cm³/mol. The molecule has 2 aliphatic rings. The minimum Gasteiger partial charge on any atom is -0.354 e. The first-order valence-electron chi connectivity index (χ1n) is 8.55. The molecule has 0 amide bonds. The topological polar surface area (TPSA) is 26.3 Å². The molecule has 2 aromatic rings. The summed E-state index contributed by atoms with van der Waals surface area (Å²) < 4.78 is 6.73. The Morgan fingerprint density at radius 3 is 2.21 bits per heavy atom. The molecule has 0 N–H and O–H groups in total. The average molecular weight is 318 g/mol. The molecular weight excluding hydrogens is 296 g/mol. The van der Waals surface area contributed by atoms with Gasteiger partial charge in [-0.3, -0.25) is 4.79 Å². The molecule has 0 radical (unpaired) electrons. The van der Waals surface area contributed by atoms with Gasteiger partial charge in [-0.2, -0.15) is 0 Å². The molecular formula is C22H22O2. The van der Waals surface area contributed by atoms with Crippen molar-refractivity contribution in [3.05, 3.63) is 77.4 Å². The third-order valence-corrected chi connectivity index (χ3v) is 5.80. The molecule has 2 heterocycles. The second-order valence-corrected chi connectivity index (χ2v) is 7.17. The first-order chi connectivity index (χ1) is 11.5. The third kappa shape index (κ3) is 1.90. The number of ether oxygens (including phenoxy) is 1. The van der Waals surface area contributed by atoms with Gasteiger partial charge in [0, 0.05) is 6.42 Å². The van der Waals surface area contributed by atoms with E-state index in [2.05, 4.69) is 38.1 Å². The van der Waals surface area contributed by atoms with Crippen molar-refractivity contribution in [1.29, 1.82) is 0 Å². The highest BCUT2D eigenvalue weighted by Gasteiger charge is 2.61. The van der Waals surface area contributed by atoms with Crippen LogP contribution in [-0.2, 0) is 15.1 Å². The smallest absolute Gasteiger partial charge is 0.142 e. The maximum atomic E-state index is 12.9. The molecule has 2 heteroatoms. The van der Waals surface area contributed by atoms with Gasteiger partial charge in [-0.25, -0.2) is 0 Å². The van der Waals surface area contributed by atoms with E-state index in [0.717, 1.165) is 16.7 Å². The molecule has 0 spiro atoms. The van der Waals surface area contributed by atoms with Crippen LogP contribution in [-0.4, -0.2) is 11.4 Å². The van der Waals surface area contributed by atoms with Crippen molar-refractivity contribution in [2.24, 2.45) is 5.92 Å². The van der Waals surface area contributed by atoms with Crippen LogP contribution in [0, 0.1) is 5.92 Å². The van der Waals surface area contributed by atoms with Crippen LogP contribution in [0.5, 0.6) is 0 Å². The van der Waals surface area contributed by atoms with Gasteiger partial charge in [0.1, 0.15) is 11.4 Å². The summed E-state index contributed by atoms with van der Waals surface area (Å²) in [7, 11) is 0. The normalized spacial score (nSPS) is 32.3. The van der Waals surface area contributed by atoms with Gasteiger partial charge in [-0.1, -0.05) is 67.6 Å². The van der Waals surface area contributed by atoms with Gasteiger partial charge in [-0.15, -0.1) is 0 Å². The van der Waals surface area contributed by atoms with Crippen LogP contribution in [0.1, 0.15) is 38.3 Å². The number of carbonyl (C=O) groups is 1. The molecule has 0 aliphatic carbocycles. The summed E-state index contributed by atoms with van der Waals surface area (Å²) in [6, 6.07) is 20.6. The summed E-state index contributed by atoms with van der Waals surface area (Å²) in [5.74, 6) is 0.0681. The molecule has 3 atom stereocenters. The molecule has 0 saturated carbocycles. The van der Waals surface area contributed by atoms with Crippen LogP contribution < -0.4 is 0 Å². The molecule has 1 fully saturated rings. The number of ketones is 1. The van der Waals surface area contributed by atoms with E-state index in [0.29, 0.717) is 6.42 Å². The quantitative estimate of drug-likeness (QED) is 0.798. The van der Waals surface area contributed by atoms with Gasteiger partial charge in [0.15, 0.2) is 0 Å². The fraction of sp³-hybridized carbons (Fsp3) is 0.318. The number of fused-ring (bicyclic) bond motifs is 2. The number of hydrogen-bond donors (Lipinski definition) is 0. The van der Waals surface area contributed by atoms with E-state index in [1.54, 1.807) is 0 Å². The summed E-state index contributed by atoms with van der Waals surface area (Å²) in [6.07, 6.45) is 0.449. The van der Waals surface area contributed by atoms with Crippen molar-refractivity contribution in [3.8, 4) is 0 Å². The van der Waals surface area contributed by atoms with Crippen LogP contribution in [0.3, 0.4) is 0 Å². The zero-order valence-electron chi connectivity index (χ0n) is 14.4. The zero-order valence-corrected chi connectivity index (χ0v) is 14.4. The van der Waals surface area contributed by atoms with Gasteiger partial charge in [0.25, 0.3) is 0 Å². The first kappa shape index (κ1) is 15.3. The van der Waals surface area contributed by atoms with E-state index >= 15 is 0 Å². The Morgan fingerprint density at radius 2 is 1.58 bits per heavy atom. The number of benzene rings is 2. The molecule has 24 heavy (non-hydrogen) atoms. The first-order valence-corrected chi connectivity index (χ1v) is 8.55. The van der Waals surface area contributed by atoms with Crippen molar-refractivity contribution in [2.75, 3.05) is 0 Å². The molecule has 122 valence electrons. The van der Waals surface area contributed by atoms with Crippen LogP contribution in [0.15, 0.2) is 66.2 Å². The van der Waals surface area contributed by atoms with E-state index < -0.39 is 11.2 Å². The van der Waals surface area contributed by atoms with Crippen LogP contribution in [0.4, 0.5) is 0 Å². The lowest BCUT2D eigenvalue weighted by Gasteiger charge is -2.44. The highest BCUT2D eigenvalue weighted by Crippen LogP contribution is 2.60. The largest absolute Gasteiger partial charge is 0.354 e. The Hall–Kier alpha value is -2.19. The predicted octanol–water partition coefficient (Wildman–Crippen LogP) is 4.75. The molecule has 2 bridgehead atoms. The van der Waals surface area contributed by atoms with E-state index in [9.17, 15) is 4.79 Å². The molecule has 1 saturated heterocycles. The molecule has 2 aliphatic heterocycles. The van der Waals surface area contributed by atoms with E-state index in [1.807, 2.05) is 43.3 Å². The van der Waals surface area contributed by atoms with E-state index in [1.165, 1.54) is 5.57 Å². The highest BCUT2D eigenvalue weighted by molar-refractivity contribution is 5.94. The van der Waals surface area contributed by atoms with Gasteiger partial charge >= 0.3 is 0 Å². The maximum Gasteiger partial charge on any atom is 0.142 e. The molecule has 2 aromatic carbocycles. The zero-order chi connectivity index (χ0) is 16.9. The fourth-order valence-corrected chi connectivity index (χ4v) is 4.39. The standard InChI is InChI=1S/C22H22O2/c1-15-19(23)14-21(3)16(2)20(17-10-6-4-7-11-17)22(15,24-21)18-12-8-5-9-13-18/h4-13,15H,14H2,1-3H3. The summed E-state index contributed by atoms with van der Waals surface area (Å²) in [5, 5.41) is 0. The van der Waals surface area contributed by atoms with Gasteiger partial charge in [0.05, 0.1) is 11.5 Å². The average Bonchev–Trinajstić information content (AvgIpc) is 2.81. The molecule has 4 rings (SSSR count). The highest BCUT2D eigenvalue weighted by atomic mass is 16.5. The molecule has 3 unspecified atom stereocenters. The van der Waals surface area contributed by atoms with Crippen LogP contribution in [0.2, 0.25) is 0 Å². The van der Waals surface area contributed by atoms with Gasteiger partial charge in [0.2, 0.25) is 0 Å². The lowest BCUT2D eigenvalue weighted by molar-refractivity contribution is -0.167. The van der Waals surface area contributed by atoms with Gasteiger partial charge in [-0.05, 0) is 36.1 Å². The monoisotopic (exact) mass is 318 g/mol. The van der Waals surface area contributed by atoms with Gasteiger partial charge < -0.3 is 4.74 Å². The molecule has 0 aromatic heterocycles. The maximum absolute atomic E-state index is 12.9. The van der Waals surface area contributed by atoms with Crippen molar-refractivity contribution < 1.29 is 9.53 Å². The van der Waals surface area contributed by atoms with Crippen molar-refractivity contribution in [3.63, 3.8) is 0 Å². The number of carbonyl (C=O) groups excluding carboxylic acids is 1. The Kier molecular flexibility index (Phi) is 3.29. The Morgan fingerprint density at radius 1 is 1.00 bits per heavy atom. The summed E-state index contributed by atoms with van der Waals surface area (Å²) in [6.45, 7) is 6.19. The second-order valence-electron chi connectivity index (χ2n) is 7.17. The van der Waals surface area contributed by atoms with Crippen molar-refractivity contribution in [1.82, 2.24) is 0 Å². The number of Topliss-reactive ketones (excluding diaryl/α,β-unsaturated/α-hetero) is 1. The second kappa shape index (κ2) is 5.15. The minimum absolute atomic E-state index is 0.208. The summed E-state index contributed by atoms with van der Waals surface area (Å²) in [4.78, 5) is 12.9.